The fourth-order valence-electron chi connectivity index (χ4n) is 7.23. The van der Waals surface area contributed by atoms with Crippen molar-refractivity contribution >= 4 is 45.6 Å². The molecule has 1 amide bonds. The Hall–Kier alpha value is -4.97. The zero-order chi connectivity index (χ0) is 38.0. The topological polar surface area (TPSA) is 111 Å². The molecule has 2 aliphatic rings. The summed E-state index contributed by atoms with van der Waals surface area (Å²) < 4.78 is 88.0. The molecule has 5 rings (SSSR count). The second-order valence-corrected chi connectivity index (χ2v) is 13.5. The van der Waals surface area contributed by atoms with Crippen molar-refractivity contribution in [2.75, 3.05) is 30.8 Å². The lowest BCUT2D eigenvalue weighted by Crippen LogP contribution is -2.58. The minimum atomic E-state index is -5.67. The number of fused-ring (bicyclic) bond motifs is 1. The Labute approximate surface area is 294 Å². The van der Waals surface area contributed by atoms with Gasteiger partial charge in [-0.1, -0.05) is 32.0 Å². The van der Waals surface area contributed by atoms with Gasteiger partial charge in [0, 0.05) is 37.6 Å². The van der Waals surface area contributed by atoms with Crippen LogP contribution in [0.5, 0.6) is 0 Å². The van der Waals surface area contributed by atoms with Crippen molar-refractivity contribution in [3.63, 3.8) is 0 Å². The van der Waals surface area contributed by atoms with E-state index in [2.05, 4.69) is 11.6 Å². The highest BCUT2D eigenvalue weighted by atomic mass is 35.5. The van der Waals surface area contributed by atoms with E-state index in [1.165, 1.54) is 12.1 Å². The van der Waals surface area contributed by atoms with Crippen molar-refractivity contribution in [1.82, 2.24) is 19.4 Å². The van der Waals surface area contributed by atoms with Crippen molar-refractivity contribution in [3.8, 4) is 17.3 Å². The first-order valence-corrected chi connectivity index (χ1v) is 16.2. The van der Waals surface area contributed by atoms with Crippen LogP contribution in [0.15, 0.2) is 41.4 Å². The van der Waals surface area contributed by atoms with E-state index in [1.807, 2.05) is 24.8 Å². The predicted octanol–water partition coefficient (Wildman–Crippen LogP) is 6.93. The molecule has 3 atom stereocenters. The molecule has 1 fully saturated rings. The minimum absolute atomic E-state index is 0.0628. The maximum atomic E-state index is 15.8. The van der Waals surface area contributed by atoms with Gasteiger partial charge in [-0.15, -0.1) is 0 Å². The van der Waals surface area contributed by atoms with Crippen LogP contribution in [0.1, 0.15) is 45.7 Å². The summed E-state index contributed by atoms with van der Waals surface area (Å²) in [5.74, 6) is -7.44. The fourth-order valence-corrected chi connectivity index (χ4v) is 7.47. The van der Waals surface area contributed by atoms with Crippen molar-refractivity contribution in [1.29, 1.82) is 5.26 Å². The summed E-state index contributed by atoms with van der Waals surface area (Å²) in [7, 11) is 1.76. The second kappa shape index (κ2) is 13.3. The van der Waals surface area contributed by atoms with Crippen molar-refractivity contribution in [2.45, 2.75) is 58.9 Å². The Morgan fingerprint density at radius 1 is 1.16 bits per heavy atom. The number of nitrogens with two attached hydrogens (primary N) is 1. The third-order valence-electron chi connectivity index (χ3n) is 9.28. The normalized spacial score (nSPS) is 19.7. The van der Waals surface area contributed by atoms with Gasteiger partial charge >= 0.3 is 6.18 Å². The van der Waals surface area contributed by atoms with Gasteiger partial charge in [0.15, 0.2) is 11.6 Å². The molecule has 2 N–H and O–H groups in total. The summed E-state index contributed by atoms with van der Waals surface area (Å²) in [5, 5.41) is 10.1. The first-order chi connectivity index (χ1) is 23.8. The molecule has 16 heteroatoms. The van der Waals surface area contributed by atoms with Gasteiger partial charge in [-0.3, -0.25) is 14.2 Å². The zero-order valence-corrected chi connectivity index (χ0v) is 29.2. The Morgan fingerprint density at radius 3 is 2.29 bits per heavy atom. The molecule has 0 spiro atoms. The molecule has 2 aromatic heterocycles. The molecule has 1 saturated heterocycles. The average molecular weight is 734 g/mol. The molecule has 4 heterocycles. The number of aromatic nitrogens is 2. The van der Waals surface area contributed by atoms with Crippen LogP contribution < -0.4 is 16.2 Å². The highest BCUT2D eigenvalue weighted by molar-refractivity contribution is 6.34. The molecule has 1 aromatic carbocycles. The number of benzene rings is 1. The SMILES string of the molecule is C=CC(=O)N1[C@H](C)CN(c2c(C#N)c(=O)n(C3=C(C)C=CN(C)C3C(C)C)c3nc(-c4c(N)c(F)c(F)c(C(F)(F)F)c4F)c(Cl)cc23)C[C@@H]1C. The van der Waals surface area contributed by atoms with Gasteiger partial charge in [-0.25, -0.2) is 18.2 Å². The van der Waals surface area contributed by atoms with Gasteiger partial charge in [0.25, 0.3) is 5.56 Å². The van der Waals surface area contributed by atoms with Gasteiger partial charge in [0.1, 0.15) is 28.7 Å². The quantitative estimate of drug-likeness (QED) is 0.131. The van der Waals surface area contributed by atoms with E-state index in [1.54, 1.807) is 49.9 Å². The van der Waals surface area contributed by atoms with Gasteiger partial charge in [0.05, 0.1) is 39.4 Å². The molecule has 9 nitrogen and oxygen atoms in total. The number of nitriles is 1. The number of nitrogen functional groups attached to an aromatic ring is 1. The number of hydrogen-bond donors (Lipinski definition) is 1. The van der Waals surface area contributed by atoms with E-state index < -0.39 is 74.8 Å². The zero-order valence-electron chi connectivity index (χ0n) is 28.5. The summed E-state index contributed by atoms with van der Waals surface area (Å²) >= 11 is 6.63. The van der Waals surface area contributed by atoms with Gasteiger partial charge in [-0.05, 0) is 56.7 Å². The van der Waals surface area contributed by atoms with Crippen molar-refractivity contribution in [3.05, 3.63) is 80.5 Å². The number of anilines is 2. The van der Waals surface area contributed by atoms with E-state index in [0.717, 1.165) is 4.57 Å². The molecule has 3 aromatic rings. The summed E-state index contributed by atoms with van der Waals surface area (Å²) in [6.45, 7) is 12.8. The Kier molecular flexibility index (Phi) is 9.72. The maximum absolute atomic E-state index is 15.8. The molecule has 0 saturated carbocycles. The average Bonchev–Trinajstić information content (AvgIpc) is 3.03. The molecule has 2 aliphatic heterocycles. The summed E-state index contributed by atoms with van der Waals surface area (Å²) in [6, 6.07) is 1.78. The lowest BCUT2D eigenvalue weighted by atomic mass is 9.93. The number of allylic oxidation sites excluding steroid dienone is 2. The first-order valence-electron chi connectivity index (χ1n) is 15.8. The lowest BCUT2D eigenvalue weighted by molar-refractivity contribution is -0.142. The number of likely N-dealkylation sites (N-methyl/N-ethyl adjacent to an activating group) is 1. The van der Waals surface area contributed by atoms with Crippen molar-refractivity contribution in [2.24, 2.45) is 5.92 Å². The van der Waals surface area contributed by atoms with Crippen LogP contribution in [0.2, 0.25) is 5.02 Å². The molecule has 0 bridgehead atoms. The number of hydrogen-bond acceptors (Lipinski definition) is 7. The predicted molar refractivity (Wildman–Crippen MR) is 183 cm³/mol. The monoisotopic (exact) mass is 733 g/mol. The first kappa shape index (κ1) is 37.3. The lowest BCUT2D eigenvalue weighted by Gasteiger charge is -2.45. The number of alkyl halides is 3. The number of amides is 1. The van der Waals surface area contributed by atoms with Gasteiger partial charge in [-0.2, -0.15) is 18.4 Å². The van der Waals surface area contributed by atoms with Crippen LogP contribution in [0.3, 0.4) is 0 Å². The number of pyridine rings is 2. The summed E-state index contributed by atoms with van der Waals surface area (Å²) in [5.41, 5.74) is -0.654. The Morgan fingerprint density at radius 2 is 1.76 bits per heavy atom. The van der Waals surface area contributed by atoms with Crippen LogP contribution in [-0.2, 0) is 11.0 Å². The molecular weight excluding hydrogens is 700 g/mol. The highest BCUT2D eigenvalue weighted by Crippen LogP contribution is 2.45. The maximum Gasteiger partial charge on any atom is 0.422 e. The number of carbonyl (C=O) groups excluding carboxylic acids is 1. The smallest absolute Gasteiger partial charge is 0.396 e. The third-order valence-corrected chi connectivity index (χ3v) is 9.57. The molecule has 1 unspecified atom stereocenters. The number of rotatable bonds is 5. The van der Waals surface area contributed by atoms with Gasteiger partial charge < -0.3 is 20.4 Å². The Bertz CT molecular complexity index is 2140. The van der Waals surface area contributed by atoms with Crippen LogP contribution in [0.25, 0.3) is 28.0 Å². The molecule has 0 aliphatic carbocycles. The van der Waals surface area contributed by atoms with Crippen LogP contribution >= 0.6 is 11.6 Å². The molecular formula is C35H34ClF6N7O2. The molecule has 270 valence electrons. The Balaban J connectivity index is 1.96. The van der Waals surface area contributed by atoms with E-state index in [9.17, 15) is 36.8 Å². The highest BCUT2D eigenvalue weighted by Gasteiger charge is 2.43. The second-order valence-electron chi connectivity index (χ2n) is 13.1. The fraction of sp³-hybridized carbons (Fsp3) is 0.371. The number of halogens is 7. The van der Waals surface area contributed by atoms with E-state index in [-0.39, 0.29) is 47.2 Å². The van der Waals surface area contributed by atoms with E-state index in [4.69, 9.17) is 17.3 Å². The third kappa shape index (κ3) is 5.98. The standard InChI is InChI=1S/C35H34ClF6N7O2/c1-8-22(50)48-17(5)13-47(14-18(48)6)32-19-11-21(36)29(23-25(37)24(35(40,41)42)26(38)27(39)28(23)44)45-33(19)49(34(51)20(32)12-43)31-16(4)9-10-46(7)30(31)15(2)3/h8-11,15,17-18,30H,1,13-14,44H2,2-7H3/t17-,18+,30?. The van der Waals surface area contributed by atoms with Crippen LogP contribution in [0, 0.1) is 34.7 Å². The molecule has 0 radical (unpaired) electrons. The summed E-state index contributed by atoms with van der Waals surface area (Å²) in [6.07, 6.45) is -0.999. The van der Waals surface area contributed by atoms with Crippen LogP contribution in [-0.4, -0.2) is 63.5 Å². The van der Waals surface area contributed by atoms with Gasteiger partial charge in [0.2, 0.25) is 5.91 Å². The van der Waals surface area contributed by atoms with Crippen molar-refractivity contribution < 1.29 is 31.1 Å². The molecule has 51 heavy (non-hydrogen) atoms. The van der Waals surface area contributed by atoms with E-state index >= 15 is 4.39 Å². The number of piperazine rings is 1. The van der Waals surface area contributed by atoms with Crippen LogP contribution in [0.4, 0.5) is 37.7 Å². The largest absolute Gasteiger partial charge is 0.422 e. The number of nitrogens with zero attached hydrogens (tertiary/aromatic N) is 6. The minimum Gasteiger partial charge on any atom is -0.396 e. The summed E-state index contributed by atoms with van der Waals surface area (Å²) in [4.78, 5) is 36.9. The van der Waals surface area contributed by atoms with E-state index in [0.29, 0.717) is 11.3 Å². The number of carbonyl (C=O) groups is 1.